The number of benzene rings is 3. The number of amides is 1. The minimum absolute atomic E-state index is 0.165. The lowest BCUT2D eigenvalue weighted by atomic mass is 10.1. The molecule has 5 heteroatoms. The molecule has 1 heterocycles. The van der Waals surface area contributed by atoms with Crippen molar-refractivity contribution in [1.82, 2.24) is 0 Å². The van der Waals surface area contributed by atoms with E-state index in [4.69, 9.17) is 9.47 Å². The van der Waals surface area contributed by atoms with Gasteiger partial charge in [-0.25, -0.2) is 0 Å². The summed E-state index contributed by atoms with van der Waals surface area (Å²) in [6, 6.07) is 23.5. The first kappa shape index (κ1) is 19.0. The Kier molecular flexibility index (Phi) is 5.77. The van der Waals surface area contributed by atoms with E-state index in [2.05, 4.69) is 28.4 Å². The summed E-state index contributed by atoms with van der Waals surface area (Å²) in [6.45, 7) is 1.84. The summed E-state index contributed by atoms with van der Waals surface area (Å²) in [5, 5.41) is 3.07. The van der Waals surface area contributed by atoms with Gasteiger partial charge in [0.25, 0.3) is 5.91 Å². The first-order valence-corrected chi connectivity index (χ1v) is 9.74. The summed E-state index contributed by atoms with van der Waals surface area (Å²) >= 11 is 0. The predicted molar refractivity (Wildman–Crippen MR) is 115 cm³/mol. The molecule has 3 aromatic carbocycles. The van der Waals surface area contributed by atoms with E-state index in [0.29, 0.717) is 24.5 Å². The molecule has 0 aliphatic carbocycles. The Morgan fingerprint density at radius 3 is 2.62 bits per heavy atom. The number of hydrogen-bond donors (Lipinski definition) is 1. The summed E-state index contributed by atoms with van der Waals surface area (Å²) in [5.74, 6) is 0.485. The van der Waals surface area contributed by atoms with Crippen LogP contribution in [-0.2, 0) is 11.2 Å². The van der Waals surface area contributed by atoms with Crippen LogP contribution in [0.15, 0.2) is 72.8 Å². The van der Waals surface area contributed by atoms with Gasteiger partial charge in [0.15, 0.2) is 0 Å². The topological polar surface area (TPSA) is 50.8 Å². The van der Waals surface area contributed by atoms with Crippen molar-refractivity contribution in [3.8, 4) is 5.75 Å². The molecule has 1 aliphatic heterocycles. The molecule has 1 aliphatic rings. The predicted octanol–water partition coefficient (Wildman–Crippen LogP) is 4.66. The number of anilines is 3. The molecular weight excluding hydrogens is 364 g/mol. The van der Waals surface area contributed by atoms with Crippen molar-refractivity contribution >= 4 is 23.0 Å². The molecule has 0 unspecified atom stereocenters. The van der Waals surface area contributed by atoms with Crippen molar-refractivity contribution in [2.24, 2.45) is 0 Å². The molecule has 0 atom stereocenters. The monoisotopic (exact) mass is 388 g/mol. The lowest BCUT2D eigenvalue weighted by Crippen LogP contribution is -2.18. The van der Waals surface area contributed by atoms with Crippen molar-refractivity contribution < 1.29 is 14.3 Å². The average molecular weight is 388 g/mol. The highest BCUT2D eigenvalue weighted by molar-refractivity contribution is 6.06. The maximum absolute atomic E-state index is 12.9. The van der Waals surface area contributed by atoms with Gasteiger partial charge in [-0.2, -0.15) is 0 Å². The fourth-order valence-corrected chi connectivity index (χ4v) is 3.57. The zero-order valence-electron chi connectivity index (χ0n) is 16.4. The van der Waals surface area contributed by atoms with Crippen LogP contribution in [0.25, 0.3) is 0 Å². The normalized spacial score (nSPS) is 12.5. The Balaban J connectivity index is 1.54. The van der Waals surface area contributed by atoms with Crippen LogP contribution in [0.3, 0.4) is 0 Å². The Morgan fingerprint density at radius 1 is 0.966 bits per heavy atom. The minimum Gasteiger partial charge on any atom is -0.491 e. The van der Waals surface area contributed by atoms with Crippen LogP contribution in [-0.4, -0.2) is 32.8 Å². The van der Waals surface area contributed by atoms with Crippen molar-refractivity contribution in [2.45, 2.75) is 6.42 Å². The lowest BCUT2D eigenvalue weighted by Gasteiger charge is -2.23. The Hall–Kier alpha value is -3.31. The van der Waals surface area contributed by atoms with Gasteiger partial charge in [-0.05, 0) is 48.4 Å². The summed E-state index contributed by atoms with van der Waals surface area (Å²) in [4.78, 5) is 15.2. The van der Waals surface area contributed by atoms with Gasteiger partial charge in [0, 0.05) is 24.9 Å². The van der Waals surface area contributed by atoms with Crippen molar-refractivity contribution in [2.75, 3.05) is 37.1 Å². The number of carbonyl (C=O) groups is 1. The largest absolute Gasteiger partial charge is 0.491 e. The Bertz CT molecular complexity index is 1000. The average Bonchev–Trinajstić information content (AvgIpc) is 3.19. The van der Waals surface area contributed by atoms with Crippen molar-refractivity contribution in [3.05, 3.63) is 83.9 Å². The number of nitrogens with zero attached hydrogens (tertiary/aromatic N) is 1. The Labute approximate surface area is 170 Å². The molecule has 4 rings (SSSR count). The fraction of sp³-hybridized carbons (Fsp3) is 0.208. The smallest absolute Gasteiger partial charge is 0.255 e. The van der Waals surface area contributed by atoms with E-state index < -0.39 is 0 Å². The van der Waals surface area contributed by atoms with Gasteiger partial charge < -0.3 is 19.7 Å². The van der Waals surface area contributed by atoms with Crippen LogP contribution in [0.1, 0.15) is 15.9 Å². The molecule has 0 bridgehead atoms. The maximum Gasteiger partial charge on any atom is 0.255 e. The summed E-state index contributed by atoms with van der Waals surface area (Å²) in [6.07, 6.45) is 0.999. The van der Waals surface area contributed by atoms with E-state index in [-0.39, 0.29) is 5.91 Å². The molecule has 29 heavy (non-hydrogen) atoms. The first-order valence-electron chi connectivity index (χ1n) is 9.74. The molecule has 0 saturated heterocycles. The second-order valence-electron chi connectivity index (χ2n) is 6.87. The molecule has 148 valence electrons. The number of nitrogens with one attached hydrogen (secondary N) is 1. The second-order valence-corrected chi connectivity index (χ2v) is 6.87. The van der Waals surface area contributed by atoms with E-state index in [1.165, 1.54) is 11.3 Å². The molecule has 5 nitrogen and oxygen atoms in total. The van der Waals surface area contributed by atoms with Gasteiger partial charge in [0.05, 0.1) is 18.0 Å². The van der Waals surface area contributed by atoms with Crippen molar-refractivity contribution in [3.63, 3.8) is 0 Å². The molecular formula is C24H24N2O3. The van der Waals surface area contributed by atoms with Crippen LogP contribution in [0.5, 0.6) is 5.75 Å². The zero-order valence-corrected chi connectivity index (χ0v) is 16.4. The Morgan fingerprint density at radius 2 is 1.76 bits per heavy atom. The SMILES string of the molecule is COCCOc1cccc(C(=O)Nc2ccccc2N2CCc3ccccc32)c1. The summed E-state index contributed by atoms with van der Waals surface area (Å²) in [7, 11) is 1.63. The van der Waals surface area contributed by atoms with E-state index in [1.54, 1.807) is 19.2 Å². The van der Waals surface area contributed by atoms with Crippen molar-refractivity contribution in [1.29, 1.82) is 0 Å². The number of fused-ring (bicyclic) bond motifs is 1. The van der Waals surface area contributed by atoms with Gasteiger partial charge >= 0.3 is 0 Å². The molecule has 0 aromatic heterocycles. The number of methoxy groups -OCH3 is 1. The van der Waals surface area contributed by atoms with E-state index in [1.807, 2.05) is 42.5 Å². The third-order valence-electron chi connectivity index (χ3n) is 4.98. The number of rotatable bonds is 7. The third kappa shape index (κ3) is 4.25. The van der Waals surface area contributed by atoms with Crippen LogP contribution < -0.4 is 15.0 Å². The first-order chi connectivity index (χ1) is 14.3. The highest BCUT2D eigenvalue weighted by Gasteiger charge is 2.22. The summed E-state index contributed by atoms with van der Waals surface area (Å²) < 4.78 is 10.6. The quantitative estimate of drug-likeness (QED) is 0.598. The van der Waals surface area contributed by atoms with E-state index in [9.17, 15) is 4.79 Å². The number of ether oxygens (including phenoxy) is 2. The lowest BCUT2D eigenvalue weighted by molar-refractivity contribution is 0.102. The van der Waals surface area contributed by atoms with Gasteiger partial charge in [0.2, 0.25) is 0 Å². The van der Waals surface area contributed by atoms with E-state index >= 15 is 0 Å². The van der Waals surface area contributed by atoms with Gasteiger partial charge in [0.1, 0.15) is 12.4 Å². The summed E-state index contributed by atoms with van der Waals surface area (Å²) in [5.41, 5.74) is 4.87. The molecule has 0 saturated carbocycles. The highest BCUT2D eigenvalue weighted by atomic mass is 16.5. The van der Waals surface area contributed by atoms with Gasteiger partial charge in [-0.3, -0.25) is 4.79 Å². The van der Waals surface area contributed by atoms with Crippen LogP contribution >= 0.6 is 0 Å². The molecule has 0 fully saturated rings. The number of para-hydroxylation sites is 3. The molecule has 1 amide bonds. The number of hydrogen-bond acceptors (Lipinski definition) is 4. The fourth-order valence-electron chi connectivity index (χ4n) is 3.57. The van der Waals surface area contributed by atoms with Gasteiger partial charge in [-0.15, -0.1) is 0 Å². The van der Waals surface area contributed by atoms with Crippen LogP contribution in [0, 0.1) is 0 Å². The van der Waals surface area contributed by atoms with Crippen LogP contribution in [0.2, 0.25) is 0 Å². The molecule has 0 radical (unpaired) electrons. The standard InChI is InChI=1S/C24H24N2O3/c1-28-15-16-29-20-9-6-8-19(17-20)24(27)25-21-10-3-5-12-23(21)26-14-13-18-7-2-4-11-22(18)26/h2-12,17H,13-16H2,1H3,(H,25,27). The minimum atomic E-state index is -0.165. The molecule has 1 N–H and O–H groups in total. The van der Waals surface area contributed by atoms with Crippen LogP contribution in [0.4, 0.5) is 17.1 Å². The highest BCUT2D eigenvalue weighted by Crippen LogP contribution is 2.38. The number of carbonyl (C=O) groups excluding carboxylic acids is 1. The molecule has 0 spiro atoms. The second kappa shape index (κ2) is 8.80. The molecule has 3 aromatic rings. The third-order valence-corrected chi connectivity index (χ3v) is 4.98. The zero-order chi connectivity index (χ0) is 20.1. The van der Waals surface area contributed by atoms with Gasteiger partial charge in [-0.1, -0.05) is 36.4 Å². The maximum atomic E-state index is 12.9. The van der Waals surface area contributed by atoms with E-state index in [0.717, 1.165) is 24.3 Å².